The molecule has 0 N–H and O–H groups in total. The monoisotopic (exact) mass is 403 g/mol. The van der Waals surface area contributed by atoms with Crippen molar-refractivity contribution >= 4 is 15.9 Å². The van der Waals surface area contributed by atoms with E-state index in [0.717, 1.165) is 12.0 Å². The molecule has 0 unspecified atom stereocenters. The van der Waals surface area contributed by atoms with Crippen LogP contribution in [0.3, 0.4) is 0 Å². The number of hydrogen-bond donors (Lipinski definition) is 0. The predicted molar refractivity (Wildman–Crippen MR) is 110 cm³/mol. The van der Waals surface area contributed by atoms with Gasteiger partial charge in [-0.05, 0) is 37.0 Å². The van der Waals surface area contributed by atoms with Gasteiger partial charge in [-0.1, -0.05) is 31.6 Å². The number of hydrogen-bond acceptors (Lipinski definition) is 4. The van der Waals surface area contributed by atoms with Crippen LogP contribution < -0.4 is 0 Å². The molecular formula is C21H29N3O3S. The number of piperidine rings is 1. The molecule has 0 saturated carbocycles. The number of nitrogens with zero attached hydrogens (tertiary/aromatic N) is 3. The van der Waals surface area contributed by atoms with Crippen molar-refractivity contribution in [1.29, 1.82) is 5.26 Å². The van der Waals surface area contributed by atoms with Gasteiger partial charge in [-0.15, -0.1) is 6.58 Å². The maximum Gasteiger partial charge on any atom is 0.226 e. The number of rotatable bonds is 9. The molecule has 0 radical (unpaired) electrons. The maximum absolute atomic E-state index is 13.0. The summed E-state index contributed by atoms with van der Waals surface area (Å²) < 4.78 is 26.2. The van der Waals surface area contributed by atoms with E-state index in [-0.39, 0.29) is 17.6 Å². The van der Waals surface area contributed by atoms with Crippen LogP contribution in [0.1, 0.15) is 43.7 Å². The van der Waals surface area contributed by atoms with Gasteiger partial charge in [0.25, 0.3) is 0 Å². The first-order valence-electron chi connectivity index (χ1n) is 9.77. The highest BCUT2D eigenvalue weighted by Gasteiger charge is 2.32. The molecule has 28 heavy (non-hydrogen) atoms. The second kappa shape index (κ2) is 10.4. The van der Waals surface area contributed by atoms with Gasteiger partial charge in [0.05, 0.1) is 17.4 Å². The fourth-order valence-electron chi connectivity index (χ4n) is 3.39. The highest BCUT2D eigenvalue weighted by atomic mass is 32.2. The van der Waals surface area contributed by atoms with E-state index in [1.165, 1.54) is 4.31 Å². The van der Waals surface area contributed by atoms with Crippen LogP contribution in [-0.2, 0) is 21.4 Å². The van der Waals surface area contributed by atoms with E-state index in [0.29, 0.717) is 51.0 Å². The van der Waals surface area contributed by atoms with E-state index in [4.69, 9.17) is 5.26 Å². The van der Waals surface area contributed by atoms with Crippen LogP contribution in [0, 0.1) is 17.2 Å². The van der Waals surface area contributed by atoms with Gasteiger partial charge in [0.1, 0.15) is 0 Å². The molecule has 1 saturated heterocycles. The molecule has 1 aromatic rings. The normalized spacial score (nSPS) is 15.7. The molecule has 0 atom stereocenters. The Kier molecular flexibility index (Phi) is 8.21. The molecule has 2 rings (SSSR count). The number of nitriles is 1. The van der Waals surface area contributed by atoms with Crippen LogP contribution in [0.4, 0.5) is 0 Å². The van der Waals surface area contributed by atoms with Crippen LogP contribution in [0.15, 0.2) is 36.9 Å². The van der Waals surface area contributed by atoms with E-state index in [9.17, 15) is 13.2 Å². The minimum Gasteiger partial charge on any atom is -0.334 e. The lowest BCUT2D eigenvalue weighted by Crippen LogP contribution is -2.44. The van der Waals surface area contributed by atoms with Gasteiger partial charge in [0.15, 0.2) is 0 Å². The van der Waals surface area contributed by atoms with E-state index in [1.54, 1.807) is 23.1 Å². The van der Waals surface area contributed by atoms with Crippen molar-refractivity contribution in [3.05, 3.63) is 48.0 Å². The highest BCUT2D eigenvalue weighted by Crippen LogP contribution is 2.23. The fraction of sp³-hybridized carbons (Fsp3) is 0.524. The third-order valence-corrected chi connectivity index (χ3v) is 7.03. The molecule has 0 spiro atoms. The topological polar surface area (TPSA) is 81.5 Å². The number of carbonyl (C=O) groups excluding carboxylic acids is 1. The zero-order chi connectivity index (χ0) is 20.6. The lowest BCUT2D eigenvalue weighted by molar-refractivity contribution is -0.136. The average molecular weight is 404 g/mol. The number of carbonyl (C=O) groups is 1. The lowest BCUT2D eigenvalue weighted by Gasteiger charge is -2.33. The number of benzene rings is 1. The van der Waals surface area contributed by atoms with Gasteiger partial charge in [-0.3, -0.25) is 4.79 Å². The Morgan fingerprint density at radius 1 is 1.32 bits per heavy atom. The minimum atomic E-state index is -3.21. The zero-order valence-electron chi connectivity index (χ0n) is 16.5. The van der Waals surface area contributed by atoms with Crippen molar-refractivity contribution in [1.82, 2.24) is 9.21 Å². The Hall–Kier alpha value is -2.17. The summed E-state index contributed by atoms with van der Waals surface area (Å²) in [4.78, 5) is 14.8. The summed E-state index contributed by atoms with van der Waals surface area (Å²) in [5.41, 5.74) is 1.54. The van der Waals surface area contributed by atoms with Crippen LogP contribution in [0.25, 0.3) is 0 Å². The summed E-state index contributed by atoms with van der Waals surface area (Å²) in [6.45, 7) is 7.42. The van der Waals surface area contributed by atoms with Crippen LogP contribution in [0.5, 0.6) is 0 Å². The maximum atomic E-state index is 13.0. The smallest absolute Gasteiger partial charge is 0.226 e. The molecule has 6 nitrogen and oxygen atoms in total. The van der Waals surface area contributed by atoms with E-state index >= 15 is 0 Å². The van der Waals surface area contributed by atoms with Crippen LogP contribution in [-0.4, -0.2) is 48.9 Å². The standard InChI is InChI=1S/C21H29N3O3S/c1-3-5-15-28(26,27)24-13-10-20(11-14-24)21(25)23(12-4-2)17-19-8-6-18(16-22)7-9-19/h4,6-9,20H,2-3,5,10-15,17H2,1H3. The van der Waals surface area contributed by atoms with Crippen molar-refractivity contribution in [2.75, 3.05) is 25.4 Å². The number of unbranched alkanes of at least 4 members (excludes halogenated alkanes) is 1. The van der Waals surface area contributed by atoms with E-state index in [2.05, 4.69) is 12.6 Å². The second-order valence-corrected chi connectivity index (χ2v) is 9.25. The van der Waals surface area contributed by atoms with Crippen molar-refractivity contribution < 1.29 is 13.2 Å². The van der Waals surface area contributed by atoms with Crippen LogP contribution in [0.2, 0.25) is 0 Å². The average Bonchev–Trinajstić information content (AvgIpc) is 2.72. The number of amides is 1. The summed E-state index contributed by atoms with van der Waals surface area (Å²) in [6.07, 6.45) is 4.31. The van der Waals surface area contributed by atoms with Gasteiger partial charge >= 0.3 is 0 Å². The molecule has 7 heteroatoms. The van der Waals surface area contributed by atoms with Gasteiger partial charge < -0.3 is 4.90 Å². The fourth-order valence-corrected chi connectivity index (χ4v) is 5.07. The van der Waals surface area contributed by atoms with Gasteiger partial charge in [0.2, 0.25) is 15.9 Å². The minimum absolute atomic E-state index is 0.0369. The lowest BCUT2D eigenvalue weighted by atomic mass is 9.96. The molecule has 1 aliphatic rings. The highest BCUT2D eigenvalue weighted by molar-refractivity contribution is 7.89. The van der Waals surface area contributed by atoms with Gasteiger partial charge in [-0.2, -0.15) is 5.26 Å². The summed E-state index contributed by atoms with van der Waals surface area (Å²) in [5.74, 6) is 0.0504. The zero-order valence-corrected chi connectivity index (χ0v) is 17.3. The molecule has 1 aromatic carbocycles. The quantitative estimate of drug-likeness (QED) is 0.594. The molecule has 0 bridgehead atoms. The Morgan fingerprint density at radius 3 is 2.50 bits per heavy atom. The Labute approximate surface area is 168 Å². The first-order valence-corrected chi connectivity index (χ1v) is 11.4. The Morgan fingerprint density at radius 2 is 1.96 bits per heavy atom. The van der Waals surface area contributed by atoms with Crippen molar-refractivity contribution in [2.24, 2.45) is 5.92 Å². The Bertz CT molecular complexity index is 804. The van der Waals surface area contributed by atoms with E-state index < -0.39 is 10.0 Å². The molecular weight excluding hydrogens is 374 g/mol. The molecule has 0 aliphatic carbocycles. The number of sulfonamides is 1. The third kappa shape index (κ3) is 5.91. The first kappa shape index (κ1) is 22.1. The second-order valence-electron chi connectivity index (χ2n) is 7.16. The summed E-state index contributed by atoms with van der Waals surface area (Å²) >= 11 is 0. The third-order valence-electron chi connectivity index (χ3n) is 5.07. The molecule has 1 heterocycles. The van der Waals surface area contributed by atoms with Crippen molar-refractivity contribution in [3.8, 4) is 6.07 Å². The van der Waals surface area contributed by atoms with Crippen molar-refractivity contribution in [2.45, 2.75) is 39.2 Å². The van der Waals surface area contributed by atoms with Crippen molar-refractivity contribution in [3.63, 3.8) is 0 Å². The van der Waals surface area contributed by atoms with Gasteiger partial charge in [-0.25, -0.2) is 12.7 Å². The first-order chi connectivity index (χ1) is 13.4. The SMILES string of the molecule is C=CCN(Cc1ccc(C#N)cc1)C(=O)C1CCN(S(=O)(=O)CCCC)CC1. The summed E-state index contributed by atoms with van der Waals surface area (Å²) in [5, 5.41) is 8.90. The molecule has 1 amide bonds. The van der Waals surface area contributed by atoms with E-state index in [1.807, 2.05) is 19.1 Å². The largest absolute Gasteiger partial charge is 0.334 e. The van der Waals surface area contributed by atoms with Gasteiger partial charge in [0, 0.05) is 32.1 Å². The van der Waals surface area contributed by atoms with Crippen LogP contribution >= 0.6 is 0 Å². The molecule has 1 aliphatic heterocycles. The molecule has 0 aromatic heterocycles. The Balaban J connectivity index is 1.98. The molecule has 1 fully saturated rings. The summed E-state index contributed by atoms with van der Waals surface area (Å²) in [6, 6.07) is 9.27. The molecule has 152 valence electrons. The summed E-state index contributed by atoms with van der Waals surface area (Å²) in [7, 11) is -3.21. The predicted octanol–water partition coefficient (Wildman–Crippen LogP) is 2.91.